The summed E-state index contributed by atoms with van der Waals surface area (Å²) in [5.74, 6) is 0.472. The quantitative estimate of drug-likeness (QED) is 0.857. The van der Waals surface area contributed by atoms with E-state index in [2.05, 4.69) is 15.9 Å². The van der Waals surface area contributed by atoms with E-state index in [1.807, 2.05) is 30.3 Å². The molecule has 0 saturated heterocycles. The van der Waals surface area contributed by atoms with E-state index in [0.717, 1.165) is 11.3 Å². The van der Waals surface area contributed by atoms with Crippen molar-refractivity contribution in [3.63, 3.8) is 0 Å². The van der Waals surface area contributed by atoms with Gasteiger partial charge in [-0.15, -0.1) is 0 Å². The lowest BCUT2D eigenvalue weighted by Crippen LogP contribution is -2.24. The lowest BCUT2D eigenvalue weighted by Gasteiger charge is -2.30. The van der Waals surface area contributed by atoms with Crippen LogP contribution in [0.15, 0.2) is 46.9 Å². The van der Waals surface area contributed by atoms with Gasteiger partial charge in [0, 0.05) is 28.1 Å². The van der Waals surface area contributed by atoms with Gasteiger partial charge in [-0.1, -0.05) is 40.2 Å². The van der Waals surface area contributed by atoms with Crippen LogP contribution in [0, 0.1) is 5.82 Å². The number of ether oxygens (including phenoxy) is 1. The maximum absolute atomic E-state index is 14.0. The summed E-state index contributed by atoms with van der Waals surface area (Å²) in [6.45, 7) is 0. The fourth-order valence-corrected chi connectivity index (χ4v) is 2.74. The molecule has 2 nitrogen and oxygen atoms in total. The molecule has 98 valence electrons. The first-order valence-corrected chi connectivity index (χ1v) is 6.90. The Kier molecular flexibility index (Phi) is 3.29. The maximum Gasteiger partial charge on any atom is 0.131 e. The minimum Gasteiger partial charge on any atom is -0.485 e. The van der Waals surface area contributed by atoms with E-state index >= 15 is 0 Å². The van der Waals surface area contributed by atoms with Crippen molar-refractivity contribution in [3.05, 3.63) is 63.9 Å². The van der Waals surface area contributed by atoms with Crippen LogP contribution >= 0.6 is 15.9 Å². The number of halogens is 2. The summed E-state index contributed by atoms with van der Waals surface area (Å²) in [6, 6.07) is 12.5. The second-order valence-corrected chi connectivity index (χ2v) is 5.57. The van der Waals surface area contributed by atoms with Gasteiger partial charge in [-0.3, -0.25) is 0 Å². The first-order chi connectivity index (χ1) is 9.15. The summed E-state index contributed by atoms with van der Waals surface area (Å²) >= 11 is 3.25. The highest BCUT2D eigenvalue weighted by atomic mass is 79.9. The van der Waals surface area contributed by atoms with Gasteiger partial charge in [0.25, 0.3) is 0 Å². The predicted molar refractivity (Wildman–Crippen MR) is 75.5 cm³/mol. The summed E-state index contributed by atoms with van der Waals surface area (Å²) in [5, 5.41) is 0. The predicted octanol–water partition coefficient (Wildman–Crippen LogP) is 4.11. The molecule has 0 amide bonds. The molecule has 1 aliphatic rings. The average molecular weight is 322 g/mol. The molecule has 2 atom stereocenters. The van der Waals surface area contributed by atoms with E-state index in [4.69, 9.17) is 10.5 Å². The zero-order chi connectivity index (χ0) is 13.4. The second kappa shape index (κ2) is 4.94. The van der Waals surface area contributed by atoms with Crippen molar-refractivity contribution in [2.45, 2.75) is 18.6 Å². The van der Waals surface area contributed by atoms with Crippen molar-refractivity contribution >= 4 is 15.9 Å². The van der Waals surface area contributed by atoms with Crippen molar-refractivity contribution in [3.8, 4) is 5.75 Å². The Morgan fingerprint density at radius 2 is 1.95 bits per heavy atom. The van der Waals surface area contributed by atoms with Gasteiger partial charge in [0.05, 0.1) is 0 Å². The van der Waals surface area contributed by atoms with Crippen molar-refractivity contribution < 1.29 is 9.13 Å². The number of hydrogen-bond donors (Lipinski definition) is 1. The van der Waals surface area contributed by atoms with Gasteiger partial charge in [-0.25, -0.2) is 4.39 Å². The molecule has 2 aromatic rings. The van der Waals surface area contributed by atoms with Crippen LogP contribution in [0.4, 0.5) is 4.39 Å². The molecule has 0 aliphatic carbocycles. The van der Waals surface area contributed by atoms with Gasteiger partial charge in [0.2, 0.25) is 0 Å². The Balaban J connectivity index is 1.97. The van der Waals surface area contributed by atoms with Crippen LogP contribution in [0.1, 0.15) is 29.7 Å². The van der Waals surface area contributed by atoms with E-state index in [1.165, 1.54) is 6.07 Å². The second-order valence-electron chi connectivity index (χ2n) is 4.65. The van der Waals surface area contributed by atoms with Crippen LogP contribution in [-0.4, -0.2) is 0 Å². The van der Waals surface area contributed by atoms with Crippen LogP contribution in [0.5, 0.6) is 5.75 Å². The molecule has 0 radical (unpaired) electrons. The van der Waals surface area contributed by atoms with Gasteiger partial charge < -0.3 is 10.5 Å². The largest absolute Gasteiger partial charge is 0.485 e. The molecule has 19 heavy (non-hydrogen) atoms. The van der Waals surface area contributed by atoms with Crippen LogP contribution in [0.25, 0.3) is 0 Å². The molecule has 0 fully saturated rings. The fourth-order valence-electron chi connectivity index (χ4n) is 2.41. The van der Waals surface area contributed by atoms with Crippen molar-refractivity contribution in [1.29, 1.82) is 0 Å². The number of rotatable bonds is 1. The lowest BCUT2D eigenvalue weighted by atomic mass is 9.93. The van der Waals surface area contributed by atoms with Crippen LogP contribution in [0.2, 0.25) is 0 Å². The van der Waals surface area contributed by atoms with E-state index in [9.17, 15) is 4.39 Å². The van der Waals surface area contributed by atoms with Gasteiger partial charge in [-0.05, 0) is 18.2 Å². The molecule has 0 aromatic heterocycles. The zero-order valence-electron chi connectivity index (χ0n) is 10.1. The van der Waals surface area contributed by atoms with Gasteiger partial charge >= 0.3 is 0 Å². The molecular formula is C15H13BrFNO. The van der Waals surface area contributed by atoms with E-state index in [-0.39, 0.29) is 18.0 Å². The molecule has 2 unspecified atom stereocenters. The van der Waals surface area contributed by atoms with Crippen LogP contribution in [-0.2, 0) is 0 Å². The minimum atomic E-state index is -0.335. The molecular weight excluding hydrogens is 309 g/mol. The fraction of sp³-hybridized carbons (Fsp3) is 0.200. The summed E-state index contributed by atoms with van der Waals surface area (Å²) in [5.41, 5.74) is 7.67. The zero-order valence-corrected chi connectivity index (χ0v) is 11.7. The Hall–Kier alpha value is -1.39. The molecule has 0 spiro atoms. The lowest BCUT2D eigenvalue weighted by molar-refractivity contribution is 0.157. The van der Waals surface area contributed by atoms with Crippen molar-refractivity contribution in [2.24, 2.45) is 5.73 Å². The van der Waals surface area contributed by atoms with Crippen molar-refractivity contribution in [2.75, 3.05) is 0 Å². The summed E-state index contributed by atoms with van der Waals surface area (Å²) in [6.07, 6.45) is 0.244. The van der Waals surface area contributed by atoms with Gasteiger partial charge in [0.15, 0.2) is 0 Å². The number of benzene rings is 2. The average Bonchev–Trinajstić information content (AvgIpc) is 2.38. The number of hydrogen-bond acceptors (Lipinski definition) is 2. The third kappa shape index (κ3) is 2.38. The highest BCUT2D eigenvalue weighted by molar-refractivity contribution is 9.10. The number of fused-ring (bicyclic) bond motifs is 1. The highest BCUT2D eigenvalue weighted by Crippen LogP contribution is 2.40. The molecule has 0 saturated carbocycles. The molecule has 1 heterocycles. The van der Waals surface area contributed by atoms with Crippen molar-refractivity contribution in [1.82, 2.24) is 0 Å². The van der Waals surface area contributed by atoms with E-state index in [0.29, 0.717) is 16.5 Å². The molecule has 4 heteroatoms. The number of para-hydroxylation sites is 1. The van der Waals surface area contributed by atoms with Gasteiger partial charge in [0.1, 0.15) is 17.7 Å². The highest BCUT2D eigenvalue weighted by Gasteiger charge is 2.28. The Labute approximate surface area is 119 Å². The van der Waals surface area contributed by atoms with E-state index < -0.39 is 0 Å². The first kappa shape index (κ1) is 12.6. The first-order valence-electron chi connectivity index (χ1n) is 6.11. The normalized spacial score (nSPS) is 21.6. The third-order valence-electron chi connectivity index (χ3n) is 3.37. The summed E-state index contributed by atoms with van der Waals surface area (Å²) < 4.78 is 20.6. The molecule has 1 aliphatic heterocycles. The van der Waals surface area contributed by atoms with Crippen LogP contribution in [0.3, 0.4) is 0 Å². The Bertz CT molecular complexity index is 617. The molecule has 2 N–H and O–H groups in total. The Morgan fingerprint density at radius 3 is 2.74 bits per heavy atom. The standard InChI is InChI=1S/C15H13BrFNO/c16-9-5-6-10(12(17)7-9)15-8-13(18)11-3-1-2-4-14(11)19-15/h1-7,13,15H,8,18H2. The number of nitrogens with two attached hydrogens (primary N) is 1. The molecule has 3 rings (SSSR count). The summed E-state index contributed by atoms with van der Waals surface area (Å²) in [4.78, 5) is 0. The summed E-state index contributed by atoms with van der Waals surface area (Å²) in [7, 11) is 0. The van der Waals surface area contributed by atoms with Gasteiger partial charge in [-0.2, -0.15) is 0 Å². The topological polar surface area (TPSA) is 35.2 Å². The monoisotopic (exact) mass is 321 g/mol. The maximum atomic E-state index is 14.0. The third-order valence-corrected chi connectivity index (χ3v) is 3.86. The van der Waals surface area contributed by atoms with Crippen LogP contribution < -0.4 is 10.5 Å². The smallest absolute Gasteiger partial charge is 0.131 e. The Morgan fingerprint density at radius 1 is 1.16 bits per heavy atom. The minimum absolute atomic E-state index is 0.127. The molecule has 2 aromatic carbocycles. The SMILES string of the molecule is NC1CC(c2ccc(Br)cc2F)Oc2ccccc21. The molecule has 0 bridgehead atoms. The van der Waals surface area contributed by atoms with E-state index in [1.54, 1.807) is 6.07 Å².